The average molecular weight is 269 g/mol. The summed E-state index contributed by atoms with van der Waals surface area (Å²) in [7, 11) is 0. The number of likely N-dealkylation sites (tertiary alicyclic amines) is 1. The molecular formula is C16H19N3O. The number of benzene rings is 1. The van der Waals surface area contributed by atoms with Gasteiger partial charge < -0.3 is 10.5 Å². The van der Waals surface area contributed by atoms with Crippen LogP contribution in [-0.4, -0.2) is 29.1 Å². The SMILES string of the molecule is Nc1ccncc1OC1CCN(Cc2ccccc2)C1. The number of ether oxygens (including phenoxy) is 1. The molecule has 1 unspecified atom stereocenters. The van der Waals surface area contributed by atoms with E-state index >= 15 is 0 Å². The van der Waals surface area contributed by atoms with Gasteiger partial charge >= 0.3 is 0 Å². The molecule has 20 heavy (non-hydrogen) atoms. The second-order valence-corrected chi connectivity index (χ2v) is 5.16. The monoisotopic (exact) mass is 269 g/mol. The van der Waals surface area contributed by atoms with E-state index in [1.165, 1.54) is 5.56 Å². The van der Waals surface area contributed by atoms with Crippen molar-refractivity contribution in [2.24, 2.45) is 0 Å². The first-order valence-electron chi connectivity index (χ1n) is 6.93. The maximum absolute atomic E-state index is 5.94. The van der Waals surface area contributed by atoms with Gasteiger partial charge in [-0.3, -0.25) is 9.88 Å². The summed E-state index contributed by atoms with van der Waals surface area (Å²) in [6, 6.07) is 12.3. The predicted molar refractivity (Wildman–Crippen MR) is 79.4 cm³/mol. The van der Waals surface area contributed by atoms with Gasteiger partial charge in [0.2, 0.25) is 0 Å². The van der Waals surface area contributed by atoms with E-state index in [0.29, 0.717) is 11.4 Å². The van der Waals surface area contributed by atoms with E-state index in [0.717, 1.165) is 26.1 Å². The summed E-state index contributed by atoms with van der Waals surface area (Å²) >= 11 is 0. The Hall–Kier alpha value is -2.07. The minimum absolute atomic E-state index is 0.199. The summed E-state index contributed by atoms with van der Waals surface area (Å²) in [5.41, 5.74) is 7.87. The van der Waals surface area contributed by atoms with Crippen LogP contribution in [0.15, 0.2) is 48.8 Å². The fourth-order valence-corrected chi connectivity index (χ4v) is 2.55. The molecule has 0 radical (unpaired) electrons. The average Bonchev–Trinajstić information content (AvgIpc) is 2.90. The lowest BCUT2D eigenvalue weighted by atomic mass is 10.2. The normalized spacial score (nSPS) is 19.1. The molecule has 2 heterocycles. The van der Waals surface area contributed by atoms with Crippen LogP contribution >= 0.6 is 0 Å². The van der Waals surface area contributed by atoms with Gasteiger partial charge in [-0.2, -0.15) is 0 Å². The molecule has 1 atom stereocenters. The summed E-state index contributed by atoms with van der Waals surface area (Å²) < 4.78 is 5.94. The Morgan fingerprint density at radius 3 is 2.90 bits per heavy atom. The van der Waals surface area contributed by atoms with Crippen LogP contribution in [0, 0.1) is 0 Å². The summed E-state index contributed by atoms with van der Waals surface area (Å²) in [5, 5.41) is 0. The lowest BCUT2D eigenvalue weighted by Crippen LogP contribution is -2.24. The molecule has 4 heteroatoms. The van der Waals surface area contributed by atoms with Crippen molar-refractivity contribution < 1.29 is 4.74 Å². The Labute approximate surface area is 119 Å². The number of aromatic nitrogens is 1. The number of nitrogen functional groups attached to an aromatic ring is 1. The van der Waals surface area contributed by atoms with Crippen LogP contribution in [-0.2, 0) is 6.54 Å². The van der Waals surface area contributed by atoms with Crippen LogP contribution in [0.1, 0.15) is 12.0 Å². The van der Waals surface area contributed by atoms with Gasteiger partial charge in [-0.15, -0.1) is 0 Å². The second kappa shape index (κ2) is 5.92. The van der Waals surface area contributed by atoms with E-state index in [2.05, 4.69) is 34.1 Å². The van der Waals surface area contributed by atoms with Crippen molar-refractivity contribution in [1.29, 1.82) is 0 Å². The predicted octanol–water partition coefficient (Wildman–Crippen LogP) is 2.32. The Morgan fingerprint density at radius 1 is 1.25 bits per heavy atom. The first-order chi connectivity index (χ1) is 9.81. The molecule has 1 saturated heterocycles. The molecule has 1 fully saturated rings. The topological polar surface area (TPSA) is 51.4 Å². The quantitative estimate of drug-likeness (QED) is 0.925. The number of nitrogens with zero attached hydrogens (tertiary/aromatic N) is 2. The maximum Gasteiger partial charge on any atom is 0.160 e. The van der Waals surface area contributed by atoms with E-state index in [1.807, 2.05) is 6.07 Å². The molecule has 2 N–H and O–H groups in total. The summed E-state index contributed by atoms with van der Waals surface area (Å²) in [4.78, 5) is 6.47. The van der Waals surface area contributed by atoms with Crippen LogP contribution < -0.4 is 10.5 Å². The first-order valence-corrected chi connectivity index (χ1v) is 6.93. The van der Waals surface area contributed by atoms with Gasteiger partial charge in [-0.25, -0.2) is 0 Å². The Kier molecular flexibility index (Phi) is 3.83. The molecule has 2 aromatic rings. The summed E-state index contributed by atoms with van der Waals surface area (Å²) in [5.74, 6) is 0.694. The minimum Gasteiger partial charge on any atom is -0.485 e. The van der Waals surface area contributed by atoms with Crippen LogP contribution in [0.3, 0.4) is 0 Å². The first kappa shape index (κ1) is 12.9. The standard InChI is InChI=1S/C16H19N3O/c17-15-6-8-18-10-16(15)20-14-7-9-19(12-14)11-13-4-2-1-3-5-13/h1-6,8,10,14H,7,9,11-12H2,(H2,17,18). The van der Waals surface area contributed by atoms with Crippen molar-refractivity contribution in [3.8, 4) is 5.75 Å². The van der Waals surface area contributed by atoms with Gasteiger partial charge in [-0.1, -0.05) is 30.3 Å². The number of nitrogens with two attached hydrogens (primary N) is 1. The van der Waals surface area contributed by atoms with Crippen LogP contribution in [0.4, 0.5) is 5.69 Å². The largest absolute Gasteiger partial charge is 0.485 e. The van der Waals surface area contributed by atoms with Crippen LogP contribution in [0.5, 0.6) is 5.75 Å². The van der Waals surface area contributed by atoms with Crippen molar-refractivity contribution in [3.05, 3.63) is 54.4 Å². The molecule has 0 amide bonds. The maximum atomic E-state index is 5.94. The van der Waals surface area contributed by atoms with Crippen molar-refractivity contribution in [1.82, 2.24) is 9.88 Å². The van der Waals surface area contributed by atoms with E-state index in [4.69, 9.17) is 10.5 Å². The third-order valence-corrected chi connectivity index (χ3v) is 3.59. The number of anilines is 1. The minimum atomic E-state index is 0.199. The zero-order valence-corrected chi connectivity index (χ0v) is 11.4. The lowest BCUT2D eigenvalue weighted by molar-refractivity contribution is 0.199. The Bertz CT molecular complexity index is 559. The molecule has 1 aromatic heterocycles. The molecule has 0 bridgehead atoms. The van der Waals surface area contributed by atoms with Crippen LogP contribution in [0.25, 0.3) is 0 Å². The third kappa shape index (κ3) is 3.08. The van der Waals surface area contributed by atoms with Crippen molar-refractivity contribution in [3.63, 3.8) is 0 Å². The zero-order chi connectivity index (χ0) is 13.8. The second-order valence-electron chi connectivity index (χ2n) is 5.16. The summed E-state index contributed by atoms with van der Waals surface area (Å²) in [6.07, 6.45) is 4.60. The molecule has 104 valence electrons. The number of hydrogen-bond acceptors (Lipinski definition) is 4. The zero-order valence-electron chi connectivity index (χ0n) is 11.4. The molecule has 0 aliphatic carbocycles. The number of rotatable bonds is 4. The molecule has 1 aliphatic rings. The van der Waals surface area contributed by atoms with E-state index in [1.54, 1.807) is 18.5 Å². The van der Waals surface area contributed by atoms with E-state index in [-0.39, 0.29) is 6.10 Å². The van der Waals surface area contributed by atoms with Crippen LogP contribution in [0.2, 0.25) is 0 Å². The molecule has 3 rings (SSSR count). The highest BCUT2D eigenvalue weighted by Gasteiger charge is 2.24. The van der Waals surface area contributed by atoms with Gasteiger partial charge in [0.1, 0.15) is 6.10 Å². The van der Waals surface area contributed by atoms with Gasteiger partial charge in [0, 0.05) is 25.8 Å². The highest BCUT2D eigenvalue weighted by Crippen LogP contribution is 2.23. The number of hydrogen-bond donors (Lipinski definition) is 1. The Morgan fingerprint density at radius 2 is 2.10 bits per heavy atom. The van der Waals surface area contributed by atoms with Gasteiger partial charge in [0.25, 0.3) is 0 Å². The highest BCUT2D eigenvalue weighted by molar-refractivity contribution is 5.49. The Balaban J connectivity index is 1.56. The fraction of sp³-hybridized carbons (Fsp3) is 0.312. The van der Waals surface area contributed by atoms with Gasteiger partial charge in [0.05, 0.1) is 11.9 Å². The molecule has 0 spiro atoms. The molecule has 0 saturated carbocycles. The van der Waals surface area contributed by atoms with Gasteiger partial charge in [0.15, 0.2) is 5.75 Å². The molecule has 1 aliphatic heterocycles. The third-order valence-electron chi connectivity index (χ3n) is 3.59. The van der Waals surface area contributed by atoms with Crippen molar-refractivity contribution in [2.75, 3.05) is 18.8 Å². The van der Waals surface area contributed by atoms with E-state index < -0.39 is 0 Å². The summed E-state index contributed by atoms with van der Waals surface area (Å²) in [6.45, 7) is 2.96. The lowest BCUT2D eigenvalue weighted by Gasteiger charge is -2.17. The van der Waals surface area contributed by atoms with Crippen molar-refractivity contribution in [2.45, 2.75) is 19.1 Å². The molecular weight excluding hydrogens is 250 g/mol. The van der Waals surface area contributed by atoms with Crippen molar-refractivity contribution >= 4 is 5.69 Å². The molecule has 1 aromatic carbocycles. The number of pyridine rings is 1. The highest BCUT2D eigenvalue weighted by atomic mass is 16.5. The smallest absolute Gasteiger partial charge is 0.160 e. The van der Waals surface area contributed by atoms with E-state index in [9.17, 15) is 0 Å². The fourth-order valence-electron chi connectivity index (χ4n) is 2.55. The molecule has 4 nitrogen and oxygen atoms in total. The van der Waals surface area contributed by atoms with Gasteiger partial charge in [-0.05, 0) is 18.1 Å².